The number of rotatable bonds is 5. The van der Waals surface area contributed by atoms with E-state index >= 15 is 0 Å². The standard InChI is InChI=1S/C16H12N6O2S2/c1-9-14(26-21-17-9)15-18-19-16(25-15)22(8-23)13-10(2)24-20-12(13)11-6-4-3-5-7-11/h3-8H,1-2H3. The lowest BCUT2D eigenvalue weighted by Crippen LogP contribution is -2.15. The molecular formula is C16H12N6O2S2. The summed E-state index contributed by atoms with van der Waals surface area (Å²) < 4.78 is 9.25. The van der Waals surface area contributed by atoms with Crippen LogP contribution in [0.1, 0.15) is 11.5 Å². The largest absolute Gasteiger partial charge is 0.359 e. The van der Waals surface area contributed by atoms with Gasteiger partial charge in [-0.1, -0.05) is 51.3 Å². The van der Waals surface area contributed by atoms with Crippen LogP contribution in [-0.2, 0) is 4.79 Å². The number of carbonyl (C=O) groups excluding carboxylic acids is 1. The molecule has 3 heterocycles. The Morgan fingerprint density at radius 1 is 1.12 bits per heavy atom. The van der Waals surface area contributed by atoms with Gasteiger partial charge in [0.2, 0.25) is 11.5 Å². The molecule has 4 rings (SSSR count). The van der Waals surface area contributed by atoms with Crippen molar-refractivity contribution in [1.29, 1.82) is 0 Å². The van der Waals surface area contributed by atoms with E-state index in [9.17, 15) is 4.79 Å². The van der Waals surface area contributed by atoms with E-state index < -0.39 is 0 Å². The second-order valence-corrected chi connectivity index (χ2v) is 7.06. The van der Waals surface area contributed by atoms with E-state index in [0.29, 0.717) is 33.7 Å². The molecule has 0 radical (unpaired) electrons. The Labute approximate surface area is 156 Å². The molecule has 0 fully saturated rings. The van der Waals surface area contributed by atoms with Crippen molar-refractivity contribution in [1.82, 2.24) is 24.9 Å². The Balaban J connectivity index is 1.78. The molecule has 26 heavy (non-hydrogen) atoms. The summed E-state index contributed by atoms with van der Waals surface area (Å²) in [5.74, 6) is 0.517. The monoisotopic (exact) mass is 384 g/mol. The minimum absolute atomic E-state index is 0.422. The Hall–Kier alpha value is -2.98. The zero-order valence-electron chi connectivity index (χ0n) is 13.8. The summed E-state index contributed by atoms with van der Waals surface area (Å²) in [6.45, 7) is 3.61. The third kappa shape index (κ3) is 2.78. The fourth-order valence-corrected chi connectivity index (χ4v) is 4.05. The second kappa shape index (κ2) is 6.73. The van der Waals surface area contributed by atoms with Crippen LogP contribution in [0.25, 0.3) is 21.1 Å². The molecule has 0 bridgehead atoms. The summed E-state index contributed by atoms with van der Waals surface area (Å²) in [6, 6.07) is 9.52. The van der Waals surface area contributed by atoms with Crippen molar-refractivity contribution < 1.29 is 9.32 Å². The summed E-state index contributed by atoms with van der Waals surface area (Å²) in [5, 5.41) is 17.5. The van der Waals surface area contributed by atoms with E-state index in [2.05, 4.69) is 24.9 Å². The average molecular weight is 384 g/mol. The smallest absolute Gasteiger partial charge is 0.220 e. The van der Waals surface area contributed by atoms with Crippen LogP contribution in [0.5, 0.6) is 0 Å². The molecule has 0 aliphatic carbocycles. The molecule has 0 saturated carbocycles. The SMILES string of the molecule is Cc1nnsc1-c1nnc(N(C=O)c2c(-c3ccccc3)noc2C)s1. The van der Waals surface area contributed by atoms with Gasteiger partial charge in [0.25, 0.3) is 0 Å². The lowest BCUT2D eigenvalue weighted by atomic mass is 10.1. The number of nitrogens with zero attached hydrogens (tertiary/aromatic N) is 6. The summed E-state index contributed by atoms with van der Waals surface area (Å²) in [4.78, 5) is 14.1. The average Bonchev–Trinajstić information content (AvgIpc) is 3.38. The zero-order chi connectivity index (χ0) is 18.1. The highest BCUT2D eigenvalue weighted by molar-refractivity contribution is 7.22. The van der Waals surface area contributed by atoms with Gasteiger partial charge in [-0.05, 0) is 25.4 Å². The van der Waals surface area contributed by atoms with Gasteiger partial charge in [0.15, 0.2) is 10.8 Å². The normalized spacial score (nSPS) is 10.8. The lowest BCUT2D eigenvalue weighted by molar-refractivity contribution is -0.106. The molecule has 1 aromatic carbocycles. The van der Waals surface area contributed by atoms with Crippen LogP contribution >= 0.6 is 22.9 Å². The van der Waals surface area contributed by atoms with E-state index in [1.165, 1.54) is 27.8 Å². The summed E-state index contributed by atoms with van der Waals surface area (Å²) in [6.07, 6.45) is 0.689. The molecule has 0 spiro atoms. The highest BCUT2D eigenvalue weighted by Gasteiger charge is 2.25. The number of anilines is 2. The van der Waals surface area contributed by atoms with E-state index in [-0.39, 0.29) is 0 Å². The van der Waals surface area contributed by atoms with Gasteiger partial charge >= 0.3 is 0 Å². The number of amides is 1. The molecule has 0 saturated heterocycles. The quantitative estimate of drug-likeness (QED) is 0.485. The van der Waals surface area contributed by atoms with E-state index in [4.69, 9.17) is 4.52 Å². The highest BCUT2D eigenvalue weighted by atomic mass is 32.1. The fourth-order valence-electron chi connectivity index (χ4n) is 2.46. The van der Waals surface area contributed by atoms with Gasteiger partial charge in [-0.25, -0.2) is 0 Å². The molecule has 130 valence electrons. The highest BCUT2D eigenvalue weighted by Crippen LogP contribution is 2.39. The first-order chi connectivity index (χ1) is 12.7. The summed E-state index contributed by atoms with van der Waals surface area (Å²) >= 11 is 2.53. The molecule has 10 heteroatoms. The Kier molecular flexibility index (Phi) is 4.27. The van der Waals surface area contributed by atoms with Crippen molar-refractivity contribution in [2.45, 2.75) is 13.8 Å². The van der Waals surface area contributed by atoms with Gasteiger partial charge < -0.3 is 4.52 Å². The molecular weight excluding hydrogens is 372 g/mol. The number of aryl methyl sites for hydroxylation is 2. The third-order valence-corrected chi connectivity index (χ3v) is 5.60. The van der Waals surface area contributed by atoms with E-state index in [1.54, 1.807) is 6.92 Å². The molecule has 3 aromatic heterocycles. The van der Waals surface area contributed by atoms with Crippen LogP contribution in [0.3, 0.4) is 0 Å². The Morgan fingerprint density at radius 2 is 1.92 bits per heavy atom. The van der Waals surface area contributed by atoms with Gasteiger partial charge in [0.1, 0.15) is 16.3 Å². The maximum Gasteiger partial charge on any atom is 0.220 e. The molecule has 1 amide bonds. The van der Waals surface area contributed by atoms with Gasteiger partial charge in [0.05, 0.1) is 5.69 Å². The number of aromatic nitrogens is 5. The van der Waals surface area contributed by atoms with Crippen molar-refractivity contribution in [2.75, 3.05) is 4.90 Å². The lowest BCUT2D eigenvalue weighted by Gasteiger charge is -2.13. The Bertz CT molecular complexity index is 1060. The van der Waals surface area contributed by atoms with Crippen molar-refractivity contribution in [2.24, 2.45) is 0 Å². The maximum absolute atomic E-state index is 11.9. The first-order valence-corrected chi connectivity index (χ1v) is 9.17. The molecule has 0 unspecified atom stereocenters. The number of carbonyl (C=O) groups is 1. The Morgan fingerprint density at radius 3 is 2.62 bits per heavy atom. The first kappa shape index (κ1) is 16.5. The van der Waals surface area contributed by atoms with Gasteiger partial charge in [-0.15, -0.1) is 15.3 Å². The predicted molar refractivity (Wildman–Crippen MR) is 98.4 cm³/mol. The second-order valence-electron chi connectivity index (χ2n) is 5.35. The van der Waals surface area contributed by atoms with Crippen molar-refractivity contribution >= 4 is 40.1 Å². The first-order valence-electron chi connectivity index (χ1n) is 7.58. The number of benzene rings is 1. The molecule has 0 aliphatic heterocycles. The third-order valence-electron chi connectivity index (χ3n) is 3.69. The van der Waals surface area contributed by atoms with Crippen LogP contribution in [-0.4, -0.2) is 31.4 Å². The zero-order valence-corrected chi connectivity index (χ0v) is 15.4. The van der Waals surface area contributed by atoms with Gasteiger partial charge in [0, 0.05) is 5.56 Å². The molecule has 4 aromatic rings. The van der Waals surface area contributed by atoms with Crippen LogP contribution in [0.4, 0.5) is 10.8 Å². The van der Waals surface area contributed by atoms with Crippen molar-refractivity contribution in [3.8, 4) is 21.1 Å². The van der Waals surface area contributed by atoms with E-state index in [0.717, 1.165) is 16.1 Å². The molecule has 0 aliphatic rings. The van der Waals surface area contributed by atoms with Crippen LogP contribution in [0, 0.1) is 13.8 Å². The van der Waals surface area contributed by atoms with Gasteiger partial charge in [-0.3, -0.25) is 9.69 Å². The molecule has 8 nitrogen and oxygen atoms in total. The van der Waals surface area contributed by atoms with Crippen molar-refractivity contribution in [3.05, 3.63) is 41.8 Å². The minimum atomic E-state index is 0.422. The van der Waals surface area contributed by atoms with E-state index in [1.807, 2.05) is 37.3 Å². The topological polar surface area (TPSA) is 97.9 Å². The predicted octanol–water partition coefficient (Wildman–Crippen LogP) is 3.62. The summed E-state index contributed by atoms with van der Waals surface area (Å²) in [7, 11) is 0. The number of hydrogen-bond acceptors (Lipinski definition) is 9. The molecule has 0 atom stereocenters. The number of hydrogen-bond donors (Lipinski definition) is 0. The van der Waals surface area contributed by atoms with Crippen molar-refractivity contribution in [3.63, 3.8) is 0 Å². The van der Waals surface area contributed by atoms with Crippen LogP contribution in [0.2, 0.25) is 0 Å². The van der Waals surface area contributed by atoms with Crippen LogP contribution in [0.15, 0.2) is 34.9 Å². The fraction of sp³-hybridized carbons (Fsp3) is 0.125. The summed E-state index contributed by atoms with van der Waals surface area (Å²) in [5.41, 5.74) is 2.75. The van der Waals surface area contributed by atoms with Crippen LogP contribution < -0.4 is 4.90 Å². The molecule has 0 N–H and O–H groups in total. The minimum Gasteiger partial charge on any atom is -0.359 e. The maximum atomic E-state index is 11.9. The van der Waals surface area contributed by atoms with Gasteiger partial charge in [-0.2, -0.15) is 0 Å².